The van der Waals surface area contributed by atoms with E-state index in [9.17, 15) is 9.18 Å². The van der Waals surface area contributed by atoms with Crippen molar-refractivity contribution in [3.05, 3.63) is 82.3 Å². The van der Waals surface area contributed by atoms with Crippen LogP contribution in [-0.2, 0) is 11.3 Å². The maximum atomic E-state index is 13.4. The monoisotopic (exact) mass is 387 g/mol. The van der Waals surface area contributed by atoms with Gasteiger partial charge in [0, 0.05) is 10.6 Å². The summed E-state index contributed by atoms with van der Waals surface area (Å²) in [4.78, 5) is 12.2. The van der Waals surface area contributed by atoms with E-state index in [1.807, 2.05) is 30.3 Å². The molecule has 132 valence electrons. The summed E-state index contributed by atoms with van der Waals surface area (Å²) in [7, 11) is 0. The first-order valence-corrected chi connectivity index (χ1v) is 9.50. The van der Waals surface area contributed by atoms with Crippen LogP contribution in [0.3, 0.4) is 0 Å². The van der Waals surface area contributed by atoms with Crippen molar-refractivity contribution in [1.29, 1.82) is 0 Å². The van der Waals surface area contributed by atoms with Crippen LogP contribution in [0.2, 0.25) is 5.02 Å². The number of amides is 1. The molecule has 1 atom stereocenters. The second kappa shape index (κ2) is 7.13. The molecule has 2 heterocycles. The third-order valence-electron chi connectivity index (χ3n) is 4.21. The fraction of sp³-hybridized carbons (Fsp3) is 0.158. The lowest BCUT2D eigenvalue weighted by molar-refractivity contribution is -0.113. The smallest absolute Gasteiger partial charge is 0.235 e. The van der Waals surface area contributed by atoms with Gasteiger partial charge in [-0.1, -0.05) is 48.0 Å². The molecule has 0 radical (unpaired) electrons. The van der Waals surface area contributed by atoms with Gasteiger partial charge in [-0.2, -0.15) is 5.10 Å². The standard InChI is InChI=1S/C19H15ClFN3OS/c20-16-8-13(21)6-7-14(16)18-15-9-22-24(10-12-4-2-1-3-5-12)19(15)23-17(25)11-26-18/h1-9,18H,10-11H2,(H,23,25). The van der Waals surface area contributed by atoms with E-state index in [4.69, 9.17) is 11.6 Å². The molecule has 0 spiro atoms. The van der Waals surface area contributed by atoms with Crippen LogP contribution in [0.25, 0.3) is 0 Å². The second-order valence-electron chi connectivity index (χ2n) is 6.00. The van der Waals surface area contributed by atoms with E-state index >= 15 is 0 Å². The van der Waals surface area contributed by atoms with E-state index < -0.39 is 0 Å². The lowest BCUT2D eigenvalue weighted by Crippen LogP contribution is -2.16. The summed E-state index contributed by atoms with van der Waals surface area (Å²) in [5.41, 5.74) is 2.72. The van der Waals surface area contributed by atoms with Crippen LogP contribution in [0.5, 0.6) is 0 Å². The van der Waals surface area contributed by atoms with Gasteiger partial charge in [-0.25, -0.2) is 9.07 Å². The van der Waals surface area contributed by atoms with E-state index in [1.54, 1.807) is 16.9 Å². The molecular weight excluding hydrogens is 373 g/mol. The van der Waals surface area contributed by atoms with Crippen LogP contribution in [0.15, 0.2) is 54.7 Å². The Balaban J connectivity index is 1.75. The predicted octanol–water partition coefficient (Wildman–Crippen LogP) is 4.50. The average Bonchev–Trinajstić information content (AvgIpc) is 2.91. The van der Waals surface area contributed by atoms with Crippen molar-refractivity contribution >= 4 is 35.1 Å². The van der Waals surface area contributed by atoms with Gasteiger partial charge >= 0.3 is 0 Å². The lowest BCUT2D eigenvalue weighted by atomic mass is 10.1. The summed E-state index contributed by atoms with van der Waals surface area (Å²) < 4.78 is 15.2. The third kappa shape index (κ3) is 3.34. The van der Waals surface area contributed by atoms with Gasteiger partial charge < -0.3 is 5.32 Å². The minimum Gasteiger partial charge on any atom is -0.310 e. The number of aromatic nitrogens is 2. The fourth-order valence-corrected chi connectivity index (χ4v) is 4.46. The number of halogens is 2. The summed E-state index contributed by atoms with van der Waals surface area (Å²) in [5, 5.41) is 7.56. The first-order valence-electron chi connectivity index (χ1n) is 8.08. The topological polar surface area (TPSA) is 46.9 Å². The van der Waals surface area contributed by atoms with Crippen molar-refractivity contribution in [1.82, 2.24) is 9.78 Å². The number of benzene rings is 2. The zero-order valence-corrected chi connectivity index (χ0v) is 15.2. The molecule has 1 amide bonds. The number of fused-ring (bicyclic) bond motifs is 1. The van der Waals surface area contributed by atoms with Crippen molar-refractivity contribution in [2.75, 3.05) is 11.1 Å². The number of carbonyl (C=O) groups is 1. The summed E-state index contributed by atoms with van der Waals surface area (Å²) in [6, 6.07) is 14.3. The Kier molecular flexibility index (Phi) is 4.70. The van der Waals surface area contributed by atoms with E-state index in [-0.39, 0.29) is 17.0 Å². The molecule has 4 nitrogen and oxygen atoms in total. The Morgan fingerprint density at radius 1 is 1.23 bits per heavy atom. The van der Waals surface area contributed by atoms with Gasteiger partial charge in [0.2, 0.25) is 5.91 Å². The summed E-state index contributed by atoms with van der Waals surface area (Å²) in [6.45, 7) is 0.547. The average molecular weight is 388 g/mol. The first-order chi connectivity index (χ1) is 12.6. The van der Waals surface area contributed by atoms with Gasteiger partial charge in [0.15, 0.2) is 0 Å². The highest BCUT2D eigenvalue weighted by Crippen LogP contribution is 2.43. The molecule has 0 fully saturated rings. The Morgan fingerprint density at radius 3 is 2.81 bits per heavy atom. The molecule has 1 unspecified atom stereocenters. The molecule has 1 aromatic heterocycles. The van der Waals surface area contributed by atoms with E-state index in [2.05, 4.69) is 10.4 Å². The van der Waals surface area contributed by atoms with Gasteiger partial charge in [0.25, 0.3) is 0 Å². The van der Waals surface area contributed by atoms with Crippen LogP contribution in [-0.4, -0.2) is 21.4 Å². The van der Waals surface area contributed by atoms with Gasteiger partial charge in [-0.05, 0) is 23.3 Å². The maximum Gasteiger partial charge on any atom is 0.235 e. The van der Waals surface area contributed by atoms with E-state index in [1.165, 1.54) is 23.9 Å². The lowest BCUT2D eigenvalue weighted by Gasteiger charge is -2.16. The Morgan fingerprint density at radius 2 is 2.04 bits per heavy atom. The van der Waals surface area contributed by atoms with Crippen molar-refractivity contribution in [2.45, 2.75) is 11.8 Å². The van der Waals surface area contributed by atoms with Crippen LogP contribution < -0.4 is 5.32 Å². The fourth-order valence-electron chi connectivity index (χ4n) is 2.99. The number of nitrogens with one attached hydrogen (secondary N) is 1. The normalized spacial score (nSPS) is 16.7. The maximum absolute atomic E-state index is 13.4. The van der Waals surface area contributed by atoms with Gasteiger partial charge in [-0.15, -0.1) is 11.8 Å². The molecule has 1 aliphatic heterocycles. The SMILES string of the molecule is O=C1CSC(c2ccc(F)cc2Cl)c2cnn(Cc3ccccc3)c2N1. The molecule has 0 saturated heterocycles. The Hall–Kier alpha value is -2.31. The van der Waals surface area contributed by atoms with Gasteiger partial charge in [0.1, 0.15) is 11.6 Å². The Bertz CT molecular complexity index is 961. The molecule has 4 rings (SSSR count). The highest BCUT2D eigenvalue weighted by atomic mass is 35.5. The summed E-state index contributed by atoms with van der Waals surface area (Å²) in [5.74, 6) is 0.478. The number of nitrogens with zero attached hydrogens (tertiary/aromatic N) is 2. The van der Waals surface area contributed by atoms with Crippen LogP contribution in [0, 0.1) is 5.82 Å². The second-order valence-corrected chi connectivity index (χ2v) is 7.50. The van der Waals surface area contributed by atoms with Crippen molar-refractivity contribution in [3.63, 3.8) is 0 Å². The summed E-state index contributed by atoms with van der Waals surface area (Å²) >= 11 is 7.73. The zero-order valence-electron chi connectivity index (χ0n) is 13.7. The predicted molar refractivity (Wildman–Crippen MR) is 102 cm³/mol. The Labute approximate surface area is 159 Å². The largest absolute Gasteiger partial charge is 0.310 e. The third-order valence-corrected chi connectivity index (χ3v) is 5.81. The van der Waals surface area contributed by atoms with Crippen LogP contribution in [0.4, 0.5) is 10.2 Å². The number of carbonyl (C=O) groups excluding carboxylic acids is 1. The van der Waals surface area contributed by atoms with Crippen molar-refractivity contribution in [3.8, 4) is 0 Å². The minimum atomic E-state index is -0.383. The molecular formula is C19H15ClFN3OS. The molecule has 2 aromatic carbocycles. The van der Waals surface area contributed by atoms with E-state index in [0.29, 0.717) is 23.1 Å². The number of hydrogen-bond donors (Lipinski definition) is 1. The van der Waals surface area contributed by atoms with Gasteiger partial charge in [-0.3, -0.25) is 4.79 Å². The molecule has 26 heavy (non-hydrogen) atoms. The number of hydrogen-bond acceptors (Lipinski definition) is 3. The zero-order chi connectivity index (χ0) is 18.1. The molecule has 0 saturated carbocycles. The van der Waals surface area contributed by atoms with Crippen LogP contribution in [0.1, 0.15) is 21.9 Å². The molecule has 0 bridgehead atoms. The quantitative estimate of drug-likeness (QED) is 0.719. The summed E-state index contributed by atoms with van der Waals surface area (Å²) in [6.07, 6.45) is 1.75. The number of thioether (sulfide) groups is 1. The van der Waals surface area contributed by atoms with Gasteiger partial charge in [0.05, 0.1) is 23.7 Å². The highest BCUT2D eigenvalue weighted by Gasteiger charge is 2.29. The molecule has 3 aromatic rings. The minimum absolute atomic E-state index is 0.0909. The molecule has 0 aliphatic carbocycles. The van der Waals surface area contributed by atoms with Crippen LogP contribution >= 0.6 is 23.4 Å². The molecule has 7 heteroatoms. The first kappa shape index (κ1) is 17.1. The number of rotatable bonds is 3. The highest BCUT2D eigenvalue weighted by molar-refractivity contribution is 8.00. The van der Waals surface area contributed by atoms with Crippen molar-refractivity contribution < 1.29 is 9.18 Å². The molecule has 1 N–H and O–H groups in total. The van der Waals surface area contributed by atoms with Crippen molar-refractivity contribution in [2.24, 2.45) is 0 Å². The molecule has 1 aliphatic rings. The van der Waals surface area contributed by atoms with E-state index in [0.717, 1.165) is 16.7 Å². The number of anilines is 1.